The third-order valence-electron chi connectivity index (χ3n) is 6.80. The van der Waals surface area contributed by atoms with Gasteiger partial charge in [-0.15, -0.1) is 11.8 Å². The second kappa shape index (κ2) is 9.34. The van der Waals surface area contributed by atoms with Crippen molar-refractivity contribution in [3.8, 4) is 28.4 Å². The first-order valence-corrected chi connectivity index (χ1v) is 13.0. The van der Waals surface area contributed by atoms with E-state index in [0.717, 1.165) is 64.8 Å². The summed E-state index contributed by atoms with van der Waals surface area (Å²) in [7, 11) is 0. The number of aryl methyl sites for hydroxylation is 1. The Morgan fingerprint density at radius 2 is 1.86 bits per heavy atom. The lowest BCUT2D eigenvalue weighted by molar-refractivity contribution is 0.443. The third kappa shape index (κ3) is 4.38. The molecule has 0 spiro atoms. The van der Waals surface area contributed by atoms with Crippen molar-refractivity contribution in [3.05, 3.63) is 72.4 Å². The Kier molecular flexibility index (Phi) is 5.90. The number of aromatic hydroxyl groups is 1. The Morgan fingerprint density at radius 1 is 1.03 bits per heavy atom. The lowest BCUT2D eigenvalue weighted by Gasteiger charge is -2.26. The summed E-state index contributed by atoms with van der Waals surface area (Å²) in [4.78, 5) is 15.2. The second-order valence-electron chi connectivity index (χ2n) is 9.11. The fourth-order valence-electron chi connectivity index (χ4n) is 4.75. The highest BCUT2D eigenvalue weighted by Gasteiger charge is 2.31. The molecule has 2 aromatic heterocycles. The standard InChI is InChI=1S/C27H26FN5OS/c28-18-10-8-17(9-11-18)25-26(21-14-15-29-27(31-21)30-19-4-3-5-19)33-20(12-13-24(33)32-25)16-35-23-7-2-1-6-22(23)34/h1-2,6-11,14-15,19-20,34H,3-5,12-13,16H2,(H,29,30,31). The predicted molar refractivity (Wildman–Crippen MR) is 136 cm³/mol. The molecule has 0 amide bonds. The quantitative estimate of drug-likeness (QED) is 0.307. The summed E-state index contributed by atoms with van der Waals surface area (Å²) in [5.41, 5.74) is 3.42. The highest BCUT2D eigenvalue weighted by Crippen LogP contribution is 2.42. The minimum Gasteiger partial charge on any atom is -0.507 e. The van der Waals surface area contributed by atoms with Crippen molar-refractivity contribution >= 4 is 17.7 Å². The normalized spacial score (nSPS) is 17.2. The molecule has 4 aromatic rings. The lowest BCUT2D eigenvalue weighted by Crippen LogP contribution is -2.28. The number of phenols is 1. The predicted octanol–water partition coefficient (Wildman–Crippen LogP) is 6.10. The number of nitrogens with zero attached hydrogens (tertiary/aromatic N) is 4. The van der Waals surface area contributed by atoms with Gasteiger partial charge in [-0.1, -0.05) is 12.1 Å². The number of imidazole rings is 1. The molecule has 6 nitrogen and oxygen atoms in total. The summed E-state index contributed by atoms with van der Waals surface area (Å²) in [5.74, 6) is 2.47. The van der Waals surface area contributed by atoms with Crippen molar-refractivity contribution in [1.82, 2.24) is 19.5 Å². The summed E-state index contributed by atoms with van der Waals surface area (Å²) in [6, 6.07) is 16.5. The molecular formula is C27H26FN5OS. The summed E-state index contributed by atoms with van der Waals surface area (Å²) >= 11 is 1.65. The molecule has 0 radical (unpaired) electrons. The zero-order chi connectivity index (χ0) is 23.8. The summed E-state index contributed by atoms with van der Waals surface area (Å²) in [6.07, 6.45) is 7.14. The van der Waals surface area contributed by atoms with Crippen LogP contribution in [0.4, 0.5) is 10.3 Å². The SMILES string of the molecule is Oc1ccccc1SCC1CCc2nc(-c3ccc(F)cc3)c(-c3ccnc(NC4CCC4)n3)n21. The zero-order valence-corrected chi connectivity index (χ0v) is 20.0. The molecule has 6 rings (SSSR count). The highest BCUT2D eigenvalue weighted by atomic mass is 32.2. The summed E-state index contributed by atoms with van der Waals surface area (Å²) in [5, 5.41) is 13.7. The first-order valence-electron chi connectivity index (χ1n) is 12.0. The number of para-hydroxylation sites is 1. The van der Waals surface area contributed by atoms with Crippen LogP contribution in [0.1, 0.15) is 37.5 Å². The monoisotopic (exact) mass is 487 g/mol. The van der Waals surface area contributed by atoms with E-state index in [4.69, 9.17) is 9.97 Å². The maximum atomic E-state index is 13.7. The van der Waals surface area contributed by atoms with Gasteiger partial charge in [0, 0.05) is 40.9 Å². The van der Waals surface area contributed by atoms with Crippen molar-refractivity contribution in [1.29, 1.82) is 0 Å². The van der Waals surface area contributed by atoms with E-state index in [0.29, 0.717) is 17.7 Å². The summed E-state index contributed by atoms with van der Waals surface area (Å²) in [6.45, 7) is 0. The van der Waals surface area contributed by atoms with Crippen LogP contribution in [0.2, 0.25) is 0 Å². The Morgan fingerprint density at radius 3 is 2.63 bits per heavy atom. The van der Waals surface area contributed by atoms with Crippen LogP contribution >= 0.6 is 11.8 Å². The topological polar surface area (TPSA) is 75.9 Å². The maximum Gasteiger partial charge on any atom is 0.223 e. The van der Waals surface area contributed by atoms with Gasteiger partial charge >= 0.3 is 0 Å². The summed E-state index contributed by atoms with van der Waals surface area (Å²) < 4.78 is 16.0. The highest BCUT2D eigenvalue weighted by molar-refractivity contribution is 7.99. The van der Waals surface area contributed by atoms with Crippen LogP contribution in [-0.2, 0) is 6.42 Å². The number of thioether (sulfide) groups is 1. The average molecular weight is 488 g/mol. The molecule has 1 aliphatic heterocycles. The van der Waals surface area contributed by atoms with Gasteiger partial charge in [0.2, 0.25) is 5.95 Å². The van der Waals surface area contributed by atoms with Gasteiger partial charge < -0.3 is 15.0 Å². The Labute approximate surface area is 207 Å². The number of anilines is 1. The largest absolute Gasteiger partial charge is 0.507 e. The van der Waals surface area contributed by atoms with E-state index in [9.17, 15) is 9.50 Å². The average Bonchev–Trinajstić information content (AvgIpc) is 3.41. The number of fused-ring (bicyclic) bond motifs is 1. The smallest absolute Gasteiger partial charge is 0.223 e. The van der Waals surface area contributed by atoms with Gasteiger partial charge in [0.25, 0.3) is 0 Å². The lowest BCUT2D eigenvalue weighted by atomic mass is 9.93. The zero-order valence-electron chi connectivity index (χ0n) is 19.2. The molecule has 35 heavy (non-hydrogen) atoms. The van der Waals surface area contributed by atoms with E-state index in [1.807, 2.05) is 24.3 Å². The molecule has 178 valence electrons. The van der Waals surface area contributed by atoms with Crippen LogP contribution in [0, 0.1) is 5.82 Å². The molecule has 3 heterocycles. The molecule has 1 aliphatic carbocycles. The van der Waals surface area contributed by atoms with Crippen molar-refractivity contribution in [2.75, 3.05) is 11.1 Å². The van der Waals surface area contributed by atoms with E-state index < -0.39 is 0 Å². The van der Waals surface area contributed by atoms with Gasteiger partial charge in [0.05, 0.1) is 17.1 Å². The third-order valence-corrected chi connectivity index (χ3v) is 8.01. The van der Waals surface area contributed by atoms with Crippen LogP contribution in [0.15, 0.2) is 65.7 Å². The number of benzene rings is 2. The molecule has 1 atom stereocenters. The number of phenolic OH excluding ortho intramolecular Hbond substituents is 1. The van der Waals surface area contributed by atoms with Gasteiger partial charge in [0.1, 0.15) is 17.4 Å². The number of aromatic nitrogens is 4. The van der Waals surface area contributed by atoms with E-state index in [1.54, 1.807) is 36.2 Å². The van der Waals surface area contributed by atoms with Crippen LogP contribution in [0.25, 0.3) is 22.6 Å². The van der Waals surface area contributed by atoms with Crippen molar-refractivity contribution in [2.45, 2.75) is 49.1 Å². The molecule has 1 fully saturated rings. The molecule has 2 N–H and O–H groups in total. The van der Waals surface area contributed by atoms with Gasteiger partial charge in [-0.25, -0.2) is 19.3 Å². The number of hydrogen-bond donors (Lipinski definition) is 2. The van der Waals surface area contributed by atoms with Crippen LogP contribution < -0.4 is 5.32 Å². The van der Waals surface area contributed by atoms with E-state index in [-0.39, 0.29) is 11.9 Å². The van der Waals surface area contributed by atoms with Crippen LogP contribution in [0.5, 0.6) is 5.75 Å². The molecule has 0 saturated heterocycles. The number of rotatable bonds is 7. The molecule has 2 aliphatic rings. The second-order valence-corrected chi connectivity index (χ2v) is 10.2. The van der Waals surface area contributed by atoms with E-state index in [1.165, 1.54) is 18.6 Å². The van der Waals surface area contributed by atoms with Crippen LogP contribution in [0.3, 0.4) is 0 Å². The van der Waals surface area contributed by atoms with Gasteiger partial charge in [-0.05, 0) is 68.1 Å². The molecule has 0 bridgehead atoms. The number of nitrogens with one attached hydrogen (secondary N) is 1. The van der Waals surface area contributed by atoms with Gasteiger partial charge in [0.15, 0.2) is 0 Å². The van der Waals surface area contributed by atoms with Gasteiger partial charge in [-0.3, -0.25) is 0 Å². The maximum absolute atomic E-state index is 13.7. The Hall–Kier alpha value is -3.39. The van der Waals surface area contributed by atoms with Crippen LogP contribution in [-0.4, -0.2) is 36.4 Å². The molecule has 2 aromatic carbocycles. The first-order chi connectivity index (χ1) is 17.2. The number of halogens is 1. The Balaban J connectivity index is 1.39. The Bertz CT molecular complexity index is 1350. The van der Waals surface area contributed by atoms with Gasteiger partial charge in [-0.2, -0.15) is 0 Å². The fraction of sp³-hybridized carbons (Fsp3) is 0.296. The first kappa shape index (κ1) is 22.1. The van der Waals surface area contributed by atoms with Crippen molar-refractivity contribution in [3.63, 3.8) is 0 Å². The molecule has 1 saturated carbocycles. The van der Waals surface area contributed by atoms with E-state index >= 15 is 0 Å². The van der Waals surface area contributed by atoms with E-state index in [2.05, 4.69) is 14.9 Å². The molecule has 1 unspecified atom stereocenters. The fourth-order valence-corrected chi connectivity index (χ4v) is 5.82. The van der Waals surface area contributed by atoms with Crippen molar-refractivity contribution in [2.24, 2.45) is 0 Å². The molecule has 8 heteroatoms. The van der Waals surface area contributed by atoms with Crippen molar-refractivity contribution < 1.29 is 9.50 Å². The molecular weight excluding hydrogens is 461 g/mol. The minimum atomic E-state index is -0.270. The minimum absolute atomic E-state index is 0.198. The number of hydrogen-bond acceptors (Lipinski definition) is 6.